The van der Waals surface area contributed by atoms with E-state index in [4.69, 9.17) is 5.11 Å². The van der Waals surface area contributed by atoms with Gasteiger partial charge >= 0.3 is 5.97 Å². The molecule has 6 nitrogen and oxygen atoms in total. The zero-order valence-corrected chi connectivity index (χ0v) is 15.2. The molecule has 1 fully saturated rings. The molecule has 0 radical (unpaired) electrons. The zero-order chi connectivity index (χ0) is 18.2. The van der Waals surface area contributed by atoms with Gasteiger partial charge in [0.1, 0.15) is 0 Å². The lowest BCUT2D eigenvalue weighted by Crippen LogP contribution is -2.45. The Hall–Kier alpha value is -1.59. The predicted molar refractivity (Wildman–Crippen MR) is 92.5 cm³/mol. The number of carboxylic acids is 1. The van der Waals surface area contributed by atoms with Gasteiger partial charge in [0.2, 0.25) is 11.8 Å². The summed E-state index contributed by atoms with van der Waals surface area (Å²) >= 11 is 0. The summed E-state index contributed by atoms with van der Waals surface area (Å²) in [4.78, 5) is 34.8. The normalized spacial score (nSPS) is 17.1. The minimum atomic E-state index is -0.848. The molecule has 138 valence electrons. The number of nitrogens with one attached hydrogen (secondary N) is 2. The maximum absolute atomic E-state index is 12.1. The van der Waals surface area contributed by atoms with Gasteiger partial charge < -0.3 is 15.7 Å². The van der Waals surface area contributed by atoms with Crippen LogP contribution in [0, 0.1) is 11.3 Å². The third-order valence-corrected chi connectivity index (χ3v) is 4.51. The van der Waals surface area contributed by atoms with Crippen molar-refractivity contribution in [2.45, 2.75) is 78.2 Å². The average Bonchev–Trinajstić information content (AvgIpc) is 2.50. The van der Waals surface area contributed by atoms with E-state index in [0.29, 0.717) is 12.3 Å². The highest BCUT2D eigenvalue weighted by atomic mass is 16.4. The first kappa shape index (κ1) is 20.5. The van der Waals surface area contributed by atoms with Crippen molar-refractivity contribution < 1.29 is 19.5 Å². The number of hydrogen-bond acceptors (Lipinski definition) is 3. The summed E-state index contributed by atoms with van der Waals surface area (Å²) in [5.41, 5.74) is -0.537. The molecule has 1 aliphatic rings. The minimum absolute atomic E-state index is 0.0476. The number of amides is 2. The lowest BCUT2D eigenvalue weighted by atomic mass is 9.84. The maximum atomic E-state index is 12.1. The Balaban J connectivity index is 2.47. The van der Waals surface area contributed by atoms with Crippen LogP contribution in [-0.4, -0.2) is 35.5 Å². The van der Waals surface area contributed by atoms with Crippen LogP contribution in [0.5, 0.6) is 0 Å². The predicted octanol–water partition coefficient (Wildman–Crippen LogP) is 2.47. The molecule has 0 bridgehead atoms. The number of rotatable bonds is 8. The van der Waals surface area contributed by atoms with Crippen molar-refractivity contribution in [2.24, 2.45) is 11.3 Å². The summed E-state index contributed by atoms with van der Waals surface area (Å²) in [6.07, 6.45) is 7.31. The molecule has 1 aliphatic carbocycles. The Kier molecular flexibility index (Phi) is 8.22. The highest BCUT2D eigenvalue weighted by Crippen LogP contribution is 2.28. The van der Waals surface area contributed by atoms with Gasteiger partial charge in [0.25, 0.3) is 0 Å². The maximum Gasteiger partial charge on any atom is 0.303 e. The molecule has 0 aromatic rings. The van der Waals surface area contributed by atoms with Crippen molar-refractivity contribution in [3.05, 3.63) is 0 Å². The van der Waals surface area contributed by atoms with Gasteiger partial charge in [0.05, 0.1) is 6.54 Å². The highest BCUT2D eigenvalue weighted by Gasteiger charge is 2.23. The number of carbonyl (C=O) groups excluding carboxylic acids is 2. The van der Waals surface area contributed by atoms with E-state index in [2.05, 4.69) is 10.6 Å². The minimum Gasteiger partial charge on any atom is -0.481 e. The van der Waals surface area contributed by atoms with Crippen molar-refractivity contribution in [1.29, 1.82) is 0 Å². The summed E-state index contributed by atoms with van der Waals surface area (Å²) in [5, 5.41) is 14.4. The molecule has 0 aromatic heterocycles. The molecular formula is C18H32N2O4. The van der Waals surface area contributed by atoms with E-state index in [1.54, 1.807) is 20.8 Å². The van der Waals surface area contributed by atoms with Crippen LogP contribution in [0.25, 0.3) is 0 Å². The number of aliphatic carboxylic acids is 1. The second-order valence-electron chi connectivity index (χ2n) is 7.87. The Morgan fingerprint density at radius 2 is 1.75 bits per heavy atom. The van der Waals surface area contributed by atoms with Crippen molar-refractivity contribution in [2.75, 3.05) is 6.54 Å². The van der Waals surface area contributed by atoms with Gasteiger partial charge in [-0.2, -0.15) is 0 Å². The largest absolute Gasteiger partial charge is 0.481 e. The van der Waals surface area contributed by atoms with E-state index in [9.17, 15) is 14.4 Å². The molecule has 1 rings (SSSR count). The molecule has 3 N–H and O–H groups in total. The van der Waals surface area contributed by atoms with Crippen LogP contribution < -0.4 is 10.6 Å². The number of hydrogen-bond donors (Lipinski definition) is 3. The molecule has 24 heavy (non-hydrogen) atoms. The molecule has 0 spiro atoms. The monoisotopic (exact) mass is 340 g/mol. The van der Waals surface area contributed by atoms with E-state index in [1.807, 2.05) is 0 Å². The lowest BCUT2D eigenvalue weighted by molar-refractivity contribution is -0.137. The topological polar surface area (TPSA) is 95.5 Å². The number of carboxylic acid groups (broad SMARTS) is 1. The van der Waals surface area contributed by atoms with Crippen LogP contribution in [-0.2, 0) is 14.4 Å². The first-order chi connectivity index (χ1) is 11.2. The quantitative estimate of drug-likeness (QED) is 0.632. The van der Waals surface area contributed by atoms with E-state index in [1.165, 1.54) is 19.3 Å². The lowest BCUT2D eigenvalue weighted by Gasteiger charge is -2.27. The van der Waals surface area contributed by atoms with Crippen LogP contribution in [0.3, 0.4) is 0 Å². The second kappa shape index (κ2) is 9.64. The molecule has 6 heteroatoms. The fourth-order valence-electron chi connectivity index (χ4n) is 3.08. The molecule has 0 saturated heterocycles. The number of carbonyl (C=O) groups is 3. The van der Waals surface area contributed by atoms with Gasteiger partial charge in [-0.25, -0.2) is 0 Å². The average molecular weight is 340 g/mol. The first-order valence-electron chi connectivity index (χ1n) is 8.98. The fourth-order valence-corrected chi connectivity index (χ4v) is 3.08. The summed E-state index contributed by atoms with van der Waals surface area (Å²) in [6, 6.07) is -0.136. The smallest absolute Gasteiger partial charge is 0.303 e. The first-order valence-corrected chi connectivity index (χ1v) is 8.98. The van der Waals surface area contributed by atoms with Gasteiger partial charge in [-0.05, 0) is 18.8 Å². The summed E-state index contributed by atoms with van der Waals surface area (Å²) < 4.78 is 0. The van der Waals surface area contributed by atoms with E-state index >= 15 is 0 Å². The van der Waals surface area contributed by atoms with E-state index < -0.39 is 11.4 Å². The molecule has 2 amide bonds. The Bertz CT molecular complexity index is 437. The van der Waals surface area contributed by atoms with Crippen LogP contribution in [0.1, 0.15) is 72.1 Å². The third-order valence-electron chi connectivity index (χ3n) is 4.51. The van der Waals surface area contributed by atoms with Crippen molar-refractivity contribution in [3.8, 4) is 0 Å². The molecule has 1 unspecified atom stereocenters. The Morgan fingerprint density at radius 3 is 2.29 bits per heavy atom. The Morgan fingerprint density at radius 1 is 1.12 bits per heavy atom. The summed E-state index contributed by atoms with van der Waals surface area (Å²) in [5.74, 6) is -0.716. The second-order valence-corrected chi connectivity index (χ2v) is 7.87. The van der Waals surface area contributed by atoms with Crippen molar-refractivity contribution >= 4 is 17.8 Å². The van der Waals surface area contributed by atoms with Crippen LogP contribution in [0.2, 0.25) is 0 Å². The summed E-state index contributed by atoms with van der Waals surface area (Å²) in [6.45, 7) is 5.31. The van der Waals surface area contributed by atoms with Gasteiger partial charge in [-0.15, -0.1) is 0 Å². The van der Waals surface area contributed by atoms with Gasteiger partial charge in [0, 0.05) is 17.9 Å². The highest BCUT2D eigenvalue weighted by molar-refractivity contribution is 5.87. The van der Waals surface area contributed by atoms with Crippen LogP contribution in [0.4, 0.5) is 0 Å². The molecule has 1 atom stereocenters. The van der Waals surface area contributed by atoms with Gasteiger partial charge in [0.15, 0.2) is 0 Å². The molecular weight excluding hydrogens is 308 g/mol. The molecule has 0 aliphatic heterocycles. The van der Waals surface area contributed by atoms with Crippen molar-refractivity contribution in [3.63, 3.8) is 0 Å². The van der Waals surface area contributed by atoms with Gasteiger partial charge in [-0.3, -0.25) is 14.4 Å². The standard InChI is InChI=1S/C18H32N2O4/c1-18(2,3)17(24)19-12-15(21)20-14(9-10-16(22)23)11-13-7-5-4-6-8-13/h13-14H,4-12H2,1-3H3,(H,19,24)(H,20,21)(H,22,23). The summed E-state index contributed by atoms with van der Waals surface area (Å²) in [7, 11) is 0. The van der Waals surface area contributed by atoms with Crippen LogP contribution in [0.15, 0.2) is 0 Å². The van der Waals surface area contributed by atoms with Crippen molar-refractivity contribution in [1.82, 2.24) is 10.6 Å². The SMILES string of the molecule is CC(C)(C)C(=O)NCC(=O)NC(CCC(=O)O)CC1CCCCC1. The Labute approximate surface area is 144 Å². The van der Waals surface area contributed by atoms with Gasteiger partial charge in [-0.1, -0.05) is 52.9 Å². The van der Waals surface area contributed by atoms with Crippen LogP contribution >= 0.6 is 0 Å². The molecule has 1 saturated carbocycles. The fraction of sp³-hybridized carbons (Fsp3) is 0.833. The van der Waals surface area contributed by atoms with E-state index in [0.717, 1.165) is 19.3 Å². The molecule has 0 aromatic carbocycles. The third kappa shape index (κ3) is 8.31. The molecule has 0 heterocycles. The van der Waals surface area contributed by atoms with E-state index in [-0.39, 0.29) is 30.8 Å². The zero-order valence-electron chi connectivity index (χ0n) is 15.2.